The van der Waals surface area contributed by atoms with Crippen molar-refractivity contribution in [3.63, 3.8) is 0 Å². The summed E-state index contributed by atoms with van der Waals surface area (Å²) in [6, 6.07) is 0. The van der Waals surface area contributed by atoms with Crippen LogP contribution in [0.3, 0.4) is 0 Å². The average molecular weight is 168 g/mol. The van der Waals surface area contributed by atoms with Crippen LogP contribution in [0.25, 0.3) is 0 Å². The van der Waals surface area contributed by atoms with Crippen LogP contribution in [0, 0.1) is 23.2 Å². The predicted octanol–water partition coefficient (Wildman–Crippen LogP) is 4.10. The van der Waals surface area contributed by atoms with E-state index in [2.05, 4.69) is 34.6 Å². The SMILES string of the molecule is CCC1C(C)CC(C)(C)C1CC. The Balaban J connectivity index is 2.76. The highest BCUT2D eigenvalue weighted by molar-refractivity contribution is 4.93. The van der Waals surface area contributed by atoms with Gasteiger partial charge in [-0.15, -0.1) is 0 Å². The lowest BCUT2D eigenvalue weighted by Gasteiger charge is -2.29. The normalized spacial score (nSPS) is 40.2. The standard InChI is InChI=1S/C12H24/c1-6-10-9(3)8-12(4,5)11(10)7-2/h9-11H,6-8H2,1-5H3. The zero-order valence-electron chi connectivity index (χ0n) is 9.35. The van der Waals surface area contributed by atoms with Gasteiger partial charge < -0.3 is 0 Å². The first-order chi connectivity index (χ1) is 5.53. The molecule has 0 radical (unpaired) electrons. The van der Waals surface area contributed by atoms with E-state index in [-0.39, 0.29) is 0 Å². The summed E-state index contributed by atoms with van der Waals surface area (Å²) < 4.78 is 0. The molecule has 3 unspecified atom stereocenters. The van der Waals surface area contributed by atoms with E-state index in [1.165, 1.54) is 19.3 Å². The van der Waals surface area contributed by atoms with Gasteiger partial charge in [0.1, 0.15) is 0 Å². The number of rotatable bonds is 2. The van der Waals surface area contributed by atoms with Crippen molar-refractivity contribution in [2.75, 3.05) is 0 Å². The molecule has 0 amide bonds. The molecule has 0 aromatic carbocycles. The lowest BCUT2D eigenvalue weighted by molar-refractivity contribution is 0.204. The summed E-state index contributed by atoms with van der Waals surface area (Å²) in [6.07, 6.45) is 4.18. The molecule has 1 aliphatic rings. The van der Waals surface area contributed by atoms with E-state index < -0.39 is 0 Å². The minimum absolute atomic E-state index is 0.606. The van der Waals surface area contributed by atoms with Crippen LogP contribution < -0.4 is 0 Å². The highest BCUT2D eigenvalue weighted by Crippen LogP contribution is 2.52. The van der Waals surface area contributed by atoms with Crippen molar-refractivity contribution in [3.05, 3.63) is 0 Å². The maximum absolute atomic E-state index is 2.45. The Bertz CT molecular complexity index is 146. The zero-order chi connectivity index (χ0) is 9.35. The van der Waals surface area contributed by atoms with Gasteiger partial charge in [-0.2, -0.15) is 0 Å². The van der Waals surface area contributed by atoms with Crippen molar-refractivity contribution in [1.82, 2.24) is 0 Å². The molecule has 0 aromatic heterocycles. The van der Waals surface area contributed by atoms with Crippen LogP contribution in [-0.4, -0.2) is 0 Å². The summed E-state index contributed by atoms with van der Waals surface area (Å²) in [5.74, 6) is 2.91. The summed E-state index contributed by atoms with van der Waals surface area (Å²) in [5.41, 5.74) is 0.606. The highest BCUT2D eigenvalue weighted by Gasteiger charge is 2.43. The van der Waals surface area contributed by atoms with Gasteiger partial charge in [-0.05, 0) is 29.6 Å². The highest BCUT2D eigenvalue weighted by atomic mass is 14.5. The summed E-state index contributed by atoms with van der Waals surface area (Å²) in [4.78, 5) is 0. The maximum Gasteiger partial charge on any atom is -0.0321 e. The molecule has 0 heteroatoms. The lowest BCUT2D eigenvalue weighted by Crippen LogP contribution is -2.21. The Labute approximate surface area is 77.7 Å². The van der Waals surface area contributed by atoms with Gasteiger partial charge in [0.05, 0.1) is 0 Å². The van der Waals surface area contributed by atoms with Crippen molar-refractivity contribution in [2.24, 2.45) is 23.2 Å². The molecule has 1 saturated carbocycles. The fraction of sp³-hybridized carbons (Fsp3) is 1.00. The Morgan fingerprint density at radius 1 is 1.17 bits per heavy atom. The molecule has 1 rings (SSSR count). The summed E-state index contributed by atoms with van der Waals surface area (Å²) >= 11 is 0. The van der Waals surface area contributed by atoms with Crippen molar-refractivity contribution < 1.29 is 0 Å². The van der Waals surface area contributed by atoms with Crippen molar-refractivity contribution >= 4 is 0 Å². The second kappa shape index (κ2) is 3.40. The molecule has 0 bridgehead atoms. The number of hydrogen-bond acceptors (Lipinski definition) is 0. The van der Waals surface area contributed by atoms with Gasteiger partial charge in [0.25, 0.3) is 0 Å². The van der Waals surface area contributed by atoms with Gasteiger partial charge in [-0.1, -0.05) is 47.5 Å². The molecule has 0 aliphatic heterocycles. The van der Waals surface area contributed by atoms with E-state index in [1.807, 2.05) is 0 Å². The third kappa shape index (κ3) is 1.53. The Kier molecular flexibility index (Phi) is 2.85. The van der Waals surface area contributed by atoms with Gasteiger partial charge in [-0.25, -0.2) is 0 Å². The molecular weight excluding hydrogens is 144 g/mol. The minimum Gasteiger partial charge on any atom is -0.0651 e. The van der Waals surface area contributed by atoms with Gasteiger partial charge >= 0.3 is 0 Å². The van der Waals surface area contributed by atoms with E-state index >= 15 is 0 Å². The molecule has 1 aliphatic carbocycles. The lowest BCUT2D eigenvalue weighted by atomic mass is 9.76. The second-order valence-corrected chi connectivity index (χ2v) is 5.26. The van der Waals surface area contributed by atoms with E-state index in [1.54, 1.807) is 0 Å². The maximum atomic E-state index is 2.45. The Morgan fingerprint density at radius 3 is 2.08 bits per heavy atom. The summed E-state index contributed by atoms with van der Waals surface area (Å²) in [6.45, 7) is 12.0. The van der Waals surface area contributed by atoms with Crippen molar-refractivity contribution in [3.8, 4) is 0 Å². The molecule has 0 N–H and O–H groups in total. The molecule has 0 spiro atoms. The molecule has 3 atom stereocenters. The smallest absolute Gasteiger partial charge is 0.0321 e. The van der Waals surface area contributed by atoms with Gasteiger partial charge in [0.15, 0.2) is 0 Å². The van der Waals surface area contributed by atoms with Crippen LogP contribution in [-0.2, 0) is 0 Å². The minimum atomic E-state index is 0.606. The third-order valence-corrected chi connectivity index (χ3v) is 4.01. The van der Waals surface area contributed by atoms with Crippen LogP contribution in [0.4, 0.5) is 0 Å². The quantitative estimate of drug-likeness (QED) is 0.582. The van der Waals surface area contributed by atoms with Crippen LogP contribution in [0.5, 0.6) is 0 Å². The van der Waals surface area contributed by atoms with Crippen molar-refractivity contribution in [2.45, 2.75) is 53.9 Å². The summed E-state index contributed by atoms with van der Waals surface area (Å²) in [7, 11) is 0. The van der Waals surface area contributed by atoms with Gasteiger partial charge in [-0.3, -0.25) is 0 Å². The molecular formula is C12H24. The van der Waals surface area contributed by atoms with E-state index in [9.17, 15) is 0 Å². The topological polar surface area (TPSA) is 0 Å². The molecule has 0 aromatic rings. The first-order valence-corrected chi connectivity index (χ1v) is 5.53. The molecule has 72 valence electrons. The van der Waals surface area contributed by atoms with Crippen LogP contribution in [0.15, 0.2) is 0 Å². The third-order valence-electron chi connectivity index (χ3n) is 4.01. The molecule has 0 nitrogen and oxygen atoms in total. The van der Waals surface area contributed by atoms with E-state index in [0.29, 0.717) is 5.41 Å². The molecule has 0 saturated heterocycles. The summed E-state index contributed by atoms with van der Waals surface area (Å²) in [5, 5.41) is 0. The first kappa shape index (κ1) is 10.1. The van der Waals surface area contributed by atoms with Gasteiger partial charge in [0.2, 0.25) is 0 Å². The average Bonchev–Trinajstić information content (AvgIpc) is 2.18. The first-order valence-electron chi connectivity index (χ1n) is 5.53. The molecule has 1 fully saturated rings. The van der Waals surface area contributed by atoms with E-state index in [4.69, 9.17) is 0 Å². The van der Waals surface area contributed by atoms with Gasteiger partial charge in [0, 0.05) is 0 Å². The predicted molar refractivity (Wildman–Crippen MR) is 55.1 cm³/mol. The number of hydrogen-bond donors (Lipinski definition) is 0. The largest absolute Gasteiger partial charge is 0.0651 e. The monoisotopic (exact) mass is 168 g/mol. The fourth-order valence-electron chi connectivity index (χ4n) is 3.65. The Hall–Kier alpha value is 0. The Morgan fingerprint density at radius 2 is 1.75 bits per heavy atom. The van der Waals surface area contributed by atoms with Crippen LogP contribution in [0.2, 0.25) is 0 Å². The van der Waals surface area contributed by atoms with Crippen LogP contribution >= 0.6 is 0 Å². The molecule has 0 heterocycles. The fourth-order valence-corrected chi connectivity index (χ4v) is 3.65. The van der Waals surface area contributed by atoms with Crippen LogP contribution in [0.1, 0.15) is 53.9 Å². The van der Waals surface area contributed by atoms with Crippen molar-refractivity contribution in [1.29, 1.82) is 0 Å². The zero-order valence-corrected chi connectivity index (χ0v) is 9.35. The second-order valence-electron chi connectivity index (χ2n) is 5.26. The van der Waals surface area contributed by atoms with E-state index in [0.717, 1.165) is 17.8 Å². The molecule has 12 heavy (non-hydrogen) atoms.